The minimum Gasteiger partial charge on any atom is -0.293 e. The van der Waals surface area contributed by atoms with Gasteiger partial charge in [0.2, 0.25) is 0 Å². The van der Waals surface area contributed by atoms with Crippen LogP contribution in [0.3, 0.4) is 0 Å². The zero-order valence-corrected chi connectivity index (χ0v) is 8.76. The molecule has 2 heteroatoms. The Balaban J connectivity index is 1.90. The van der Waals surface area contributed by atoms with Crippen molar-refractivity contribution in [2.45, 2.75) is 26.1 Å². The van der Waals surface area contributed by atoms with Crippen LogP contribution >= 0.6 is 0 Å². The fourth-order valence-corrected chi connectivity index (χ4v) is 1.95. The Morgan fingerprint density at radius 2 is 1.86 bits per heavy atom. The molecule has 0 spiro atoms. The van der Waals surface area contributed by atoms with Gasteiger partial charge in [-0.25, -0.2) is 4.39 Å². The van der Waals surface area contributed by atoms with Crippen molar-refractivity contribution in [1.82, 2.24) is 4.90 Å². The number of hydrogen-bond acceptors (Lipinski definition) is 1. The van der Waals surface area contributed by atoms with Gasteiger partial charge in [0.25, 0.3) is 0 Å². The van der Waals surface area contributed by atoms with Gasteiger partial charge in [-0.3, -0.25) is 4.90 Å². The van der Waals surface area contributed by atoms with E-state index < -0.39 is 5.67 Å². The first-order valence-electron chi connectivity index (χ1n) is 5.02. The van der Waals surface area contributed by atoms with E-state index in [1.807, 2.05) is 0 Å². The summed E-state index contributed by atoms with van der Waals surface area (Å²) >= 11 is 0. The molecule has 0 bridgehead atoms. The van der Waals surface area contributed by atoms with Crippen LogP contribution in [0.4, 0.5) is 4.39 Å². The molecule has 0 aromatic heterocycles. The molecule has 0 N–H and O–H groups in total. The Hall–Kier alpha value is -0.890. The zero-order valence-electron chi connectivity index (χ0n) is 8.76. The fourth-order valence-electron chi connectivity index (χ4n) is 1.95. The van der Waals surface area contributed by atoms with Gasteiger partial charge in [-0.15, -0.1) is 0 Å². The highest BCUT2D eigenvalue weighted by atomic mass is 19.1. The molecule has 2 rings (SSSR count). The summed E-state index contributed by atoms with van der Waals surface area (Å²) in [6, 6.07) is 8.43. The van der Waals surface area contributed by atoms with Gasteiger partial charge in [0.05, 0.1) is 0 Å². The summed E-state index contributed by atoms with van der Waals surface area (Å²) in [5, 5.41) is 0. The average molecular weight is 193 g/mol. The van der Waals surface area contributed by atoms with Crippen LogP contribution in [-0.4, -0.2) is 23.7 Å². The van der Waals surface area contributed by atoms with Gasteiger partial charge >= 0.3 is 0 Å². The SMILES string of the molecule is Cc1ccc(CN2CC(C)(F)C2)cc1. The monoisotopic (exact) mass is 193 g/mol. The molecular weight excluding hydrogens is 177 g/mol. The first-order chi connectivity index (χ1) is 6.55. The Labute approximate surface area is 84.5 Å². The van der Waals surface area contributed by atoms with E-state index in [0.29, 0.717) is 13.1 Å². The second kappa shape index (κ2) is 3.35. The molecule has 1 heterocycles. The van der Waals surface area contributed by atoms with Crippen molar-refractivity contribution in [2.24, 2.45) is 0 Å². The smallest absolute Gasteiger partial charge is 0.133 e. The van der Waals surface area contributed by atoms with E-state index >= 15 is 0 Å². The Morgan fingerprint density at radius 3 is 2.36 bits per heavy atom. The van der Waals surface area contributed by atoms with E-state index in [0.717, 1.165) is 6.54 Å². The molecule has 1 aliphatic rings. The van der Waals surface area contributed by atoms with Crippen molar-refractivity contribution in [1.29, 1.82) is 0 Å². The van der Waals surface area contributed by atoms with Crippen molar-refractivity contribution in [3.8, 4) is 0 Å². The number of benzene rings is 1. The molecule has 1 nitrogen and oxygen atoms in total. The summed E-state index contributed by atoms with van der Waals surface area (Å²) in [7, 11) is 0. The van der Waals surface area contributed by atoms with E-state index in [2.05, 4.69) is 36.1 Å². The average Bonchev–Trinajstić information content (AvgIpc) is 2.06. The molecule has 0 aliphatic carbocycles. The summed E-state index contributed by atoms with van der Waals surface area (Å²) in [5.41, 5.74) is 1.59. The van der Waals surface area contributed by atoms with Crippen LogP contribution < -0.4 is 0 Å². The quantitative estimate of drug-likeness (QED) is 0.697. The molecule has 1 aromatic rings. The lowest BCUT2D eigenvalue weighted by molar-refractivity contribution is -0.0225. The van der Waals surface area contributed by atoms with Gasteiger partial charge in [-0.1, -0.05) is 29.8 Å². The lowest BCUT2D eigenvalue weighted by atomic mass is 9.98. The van der Waals surface area contributed by atoms with Gasteiger partial charge in [-0.2, -0.15) is 0 Å². The zero-order chi connectivity index (χ0) is 10.2. The van der Waals surface area contributed by atoms with Crippen LogP contribution in [0.1, 0.15) is 18.1 Å². The van der Waals surface area contributed by atoms with Gasteiger partial charge in [0.15, 0.2) is 0 Å². The van der Waals surface area contributed by atoms with Crippen LogP contribution in [0.25, 0.3) is 0 Å². The second-order valence-electron chi connectivity index (χ2n) is 4.54. The molecule has 0 saturated carbocycles. The standard InChI is InChI=1S/C12H16FN/c1-10-3-5-11(6-4-10)7-14-8-12(2,13)9-14/h3-6H,7-9H2,1-2H3. The molecule has 0 radical (unpaired) electrons. The van der Waals surface area contributed by atoms with Crippen molar-refractivity contribution in [3.63, 3.8) is 0 Å². The first kappa shape index (κ1) is 9.66. The molecular formula is C12H16FN. The molecule has 1 saturated heterocycles. The summed E-state index contributed by atoms with van der Waals surface area (Å²) in [5.74, 6) is 0. The molecule has 76 valence electrons. The third kappa shape index (κ3) is 2.13. The topological polar surface area (TPSA) is 3.24 Å². The maximum atomic E-state index is 13.2. The summed E-state index contributed by atoms with van der Waals surface area (Å²) in [6.45, 7) is 5.76. The highest BCUT2D eigenvalue weighted by Crippen LogP contribution is 2.25. The van der Waals surface area contributed by atoms with E-state index in [1.54, 1.807) is 6.92 Å². The normalized spacial score (nSPS) is 20.5. The highest BCUT2D eigenvalue weighted by molar-refractivity contribution is 5.21. The Bertz CT molecular complexity index is 308. The van der Waals surface area contributed by atoms with Crippen molar-refractivity contribution in [3.05, 3.63) is 35.4 Å². The van der Waals surface area contributed by atoms with Crippen LogP contribution in [0.15, 0.2) is 24.3 Å². The van der Waals surface area contributed by atoms with E-state index in [9.17, 15) is 4.39 Å². The number of aryl methyl sites for hydroxylation is 1. The molecule has 14 heavy (non-hydrogen) atoms. The predicted octanol–water partition coefficient (Wildman–Crippen LogP) is 2.54. The molecule has 0 atom stereocenters. The Kier molecular flexibility index (Phi) is 2.31. The van der Waals surface area contributed by atoms with Crippen LogP contribution in [-0.2, 0) is 6.54 Å². The van der Waals surface area contributed by atoms with E-state index in [-0.39, 0.29) is 0 Å². The van der Waals surface area contributed by atoms with Gasteiger partial charge in [-0.05, 0) is 19.4 Å². The van der Waals surface area contributed by atoms with Crippen LogP contribution in [0, 0.1) is 6.92 Å². The third-order valence-corrected chi connectivity index (χ3v) is 2.63. The van der Waals surface area contributed by atoms with Crippen molar-refractivity contribution < 1.29 is 4.39 Å². The molecule has 1 aliphatic heterocycles. The van der Waals surface area contributed by atoms with Crippen LogP contribution in [0.2, 0.25) is 0 Å². The van der Waals surface area contributed by atoms with Gasteiger partial charge < -0.3 is 0 Å². The minimum absolute atomic E-state index is 0.570. The molecule has 0 unspecified atom stereocenters. The summed E-state index contributed by atoms with van der Waals surface area (Å²) < 4.78 is 13.2. The second-order valence-corrected chi connectivity index (χ2v) is 4.54. The maximum absolute atomic E-state index is 13.2. The minimum atomic E-state index is -0.954. The number of nitrogens with zero attached hydrogens (tertiary/aromatic N) is 1. The third-order valence-electron chi connectivity index (χ3n) is 2.63. The van der Waals surface area contributed by atoms with E-state index in [1.165, 1.54) is 11.1 Å². The van der Waals surface area contributed by atoms with Gasteiger partial charge in [0.1, 0.15) is 5.67 Å². The molecule has 0 amide bonds. The number of likely N-dealkylation sites (tertiary alicyclic amines) is 1. The summed E-state index contributed by atoms with van der Waals surface area (Å²) in [6.07, 6.45) is 0. The van der Waals surface area contributed by atoms with Crippen molar-refractivity contribution in [2.75, 3.05) is 13.1 Å². The van der Waals surface area contributed by atoms with Crippen molar-refractivity contribution >= 4 is 0 Å². The van der Waals surface area contributed by atoms with Crippen LogP contribution in [0.5, 0.6) is 0 Å². The fraction of sp³-hybridized carbons (Fsp3) is 0.500. The highest BCUT2D eigenvalue weighted by Gasteiger charge is 2.38. The van der Waals surface area contributed by atoms with Gasteiger partial charge in [0, 0.05) is 19.6 Å². The largest absolute Gasteiger partial charge is 0.293 e. The number of rotatable bonds is 2. The maximum Gasteiger partial charge on any atom is 0.133 e. The predicted molar refractivity (Wildman–Crippen MR) is 56.0 cm³/mol. The number of halogens is 1. The lowest BCUT2D eigenvalue weighted by Gasteiger charge is -2.42. The molecule has 1 fully saturated rings. The van der Waals surface area contributed by atoms with E-state index in [4.69, 9.17) is 0 Å². The first-order valence-corrected chi connectivity index (χ1v) is 5.02. The lowest BCUT2D eigenvalue weighted by Crippen LogP contribution is -2.56. The Morgan fingerprint density at radius 1 is 1.29 bits per heavy atom. The summed E-state index contributed by atoms with van der Waals surface area (Å²) in [4.78, 5) is 2.13. The number of hydrogen-bond donors (Lipinski definition) is 0. The molecule has 1 aromatic carbocycles. The number of alkyl halides is 1.